The Bertz CT molecular complexity index is 410. The molecule has 0 aromatic carbocycles. The van der Waals surface area contributed by atoms with E-state index in [-0.39, 0.29) is 5.56 Å². The van der Waals surface area contributed by atoms with E-state index in [9.17, 15) is 9.90 Å². The zero-order valence-corrected chi connectivity index (χ0v) is 10.7. The van der Waals surface area contributed by atoms with Gasteiger partial charge in [-0.25, -0.2) is 4.98 Å². The van der Waals surface area contributed by atoms with Gasteiger partial charge in [-0.2, -0.15) is 0 Å². The van der Waals surface area contributed by atoms with Crippen LogP contribution in [0.25, 0.3) is 0 Å². The minimum atomic E-state index is -0.739. The highest BCUT2D eigenvalue weighted by Gasteiger charge is 2.21. The SMILES string of the molecule is CCc1nc(NCC(O)(CC)CC)cc(=O)[nH]1. The quantitative estimate of drug-likeness (QED) is 0.699. The first-order valence-electron chi connectivity index (χ1n) is 6.09. The van der Waals surface area contributed by atoms with Crippen molar-refractivity contribution in [2.45, 2.75) is 45.6 Å². The fourth-order valence-electron chi connectivity index (χ4n) is 1.52. The van der Waals surface area contributed by atoms with Gasteiger partial charge in [0.15, 0.2) is 0 Å². The van der Waals surface area contributed by atoms with Gasteiger partial charge < -0.3 is 15.4 Å². The lowest BCUT2D eigenvalue weighted by Gasteiger charge is -2.25. The number of nitrogens with zero attached hydrogens (tertiary/aromatic N) is 1. The Morgan fingerprint density at radius 2 is 2.06 bits per heavy atom. The summed E-state index contributed by atoms with van der Waals surface area (Å²) in [6.07, 6.45) is 2.01. The second-order valence-electron chi connectivity index (χ2n) is 4.22. The van der Waals surface area contributed by atoms with E-state index in [0.29, 0.717) is 37.4 Å². The van der Waals surface area contributed by atoms with E-state index in [4.69, 9.17) is 0 Å². The van der Waals surface area contributed by atoms with Crippen molar-refractivity contribution in [1.82, 2.24) is 9.97 Å². The number of nitrogens with one attached hydrogen (secondary N) is 2. The molecule has 3 N–H and O–H groups in total. The second kappa shape index (κ2) is 5.82. The lowest BCUT2D eigenvalue weighted by molar-refractivity contribution is 0.0456. The van der Waals surface area contributed by atoms with Crippen molar-refractivity contribution in [3.05, 3.63) is 22.2 Å². The van der Waals surface area contributed by atoms with Crippen molar-refractivity contribution < 1.29 is 5.11 Å². The third-order valence-corrected chi connectivity index (χ3v) is 3.04. The summed E-state index contributed by atoms with van der Waals surface area (Å²) in [4.78, 5) is 18.2. The molecule has 0 aliphatic rings. The van der Waals surface area contributed by atoms with E-state index in [1.54, 1.807) is 0 Å². The van der Waals surface area contributed by atoms with Gasteiger partial charge in [-0.15, -0.1) is 0 Å². The highest BCUT2D eigenvalue weighted by Crippen LogP contribution is 2.15. The Kier molecular flexibility index (Phi) is 4.69. The van der Waals surface area contributed by atoms with Crippen LogP contribution in [0.2, 0.25) is 0 Å². The molecule has 0 radical (unpaired) electrons. The lowest BCUT2D eigenvalue weighted by Crippen LogP contribution is -2.35. The first-order valence-corrected chi connectivity index (χ1v) is 6.09. The molecule has 0 spiro atoms. The molecule has 5 nitrogen and oxygen atoms in total. The van der Waals surface area contributed by atoms with E-state index in [0.717, 1.165) is 0 Å². The van der Waals surface area contributed by atoms with E-state index >= 15 is 0 Å². The van der Waals surface area contributed by atoms with Gasteiger partial charge in [0.05, 0.1) is 5.60 Å². The standard InChI is InChI=1S/C12H21N3O2/c1-4-9-14-10(7-11(16)15-9)13-8-12(17,5-2)6-3/h7,17H,4-6,8H2,1-3H3,(H2,13,14,15,16). The molecule has 17 heavy (non-hydrogen) atoms. The van der Waals surface area contributed by atoms with Crippen molar-refractivity contribution in [2.24, 2.45) is 0 Å². The number of aliphatic hydroxyl groups is 1. The van der Waals surface area contributed by atoms with Crippen molar-refractivity contribution in [3.8, 4) is 0 Å². The maximum atomic E-state index is 11.3. The maximum Gasteiger partial charge on any atom is 0.252 e. The van der Waals surface area contributed by atoms with Crippen LogP contribution in [0, 0.1) is 0 Å². The molecule has 5 heteroatoms. The van der Waals surface area contributed by atoms with Crippen molar-refractivity contribution in [3.63, 3.8) is 0 Å². The number of anilines is 1. The normalized spacial score (nSPS) is 11.5. The minimum absolute atomic E-state index is 0.170. The van der Waals surface area contributed by atoms with Crippen LogP contribution in [0.1, 0.15) is 39.4 Å². The largest absolute Gasteiger partial charge is 0.388 e. The van der Waals surface area contributed by atoms with Gasteiger partial charge in [0.2, 0.25) is 0 Å². The van der Waals surface area contributed by atoms with Crippen LogP contribution in [0.15, 0.2) is 10.9 Å². The van der Waals surface area contributed by atoms with Crippen molar-refractivity contribution in [1.29, 1.82) is 0 Å². The molecule has 0 aliphatic heterocycles. The predicted molar refractivity (Wildman–Crippen MR) is 68.3 cm³/mol. The number of hydrogen-bond donors (Lipinski definition) is 3. The number of H-pyrrole nitrogens is 1. The topological polar surface area (TPSA) is 78.0 Å². The van der Waals surface area contributed by atoms with E-state index in [1.165, 1.54) is 6.07 Å². The Morgan fingerprint density at radius 3 is 2.59 bits per heavy atom. The lowest BCUT2D eigenvalue weighted by atomic mass is 9.98. The molecule has 0 atom stereocenters. The summed E-state index contributed by atoms with van der Waals surface area (Å²) in [6, 6.07) is 1.41. The molecule has 1 heterocycles. The van der Waals surface area contributed by atoms with Gasteiger partial charge in [-0.05, 0) is 12.8 Å². The molecule has 0 fully saturated rings. The molecule has 1 aromatic rings. The van der Waals surface area contributed by atoms with Crippen LogP contribution in [0.4, 0.5) is 5.82 Å². The maximum absolute atomic E-state index is 11.3. The summed E-state index contributed by atoms with van der Waals surface area (Å²) in [5, 5.41) is 13.1. The van der Waals surface area contributed by atoms with E-state index in [2.05, 4.69) is 15.3 Å². The molecule has 0 bridgehead atoms. The number of rotatable bonds is 6. The molecular weight excluding hydrogens is 218 g/mol. The predicted octanol–water partition coefficient (Wildman–Crippen LogP) is 1.30. The van der Waals surface area contributed by atoms with Gasteiger partial charge in [0.1, 0.15) is 11.6 Å². The molecule has 0 saturated carbocycles. The number of aromatic amines is 1. The van der Waals surface area contributed by atoms with Gasteiger partial charge >= 0.3 is 0 Å². The zero-order valence-electron chi connectivity index (χ0n) is 10.7. The smallest absolute Gasteiger partial charge is 0.252 e. The van der Waals surface area contributed by atoms with E-state index in [1.807, 2.05) is 20.8 Å². The fourth-order valence-corrected chi connectivity index (χ4v) is 1.52. The average Bonchev–Trinajstić information content (AvgIpc) is 2.35. The average molecular weight is 239 g/mol. The summed E-state index contributed by atoms with van der Waals surface area (Å²) in [5.41, 5.74) is -0.910. The minimum Gasteiger partial charge on any atom is -0.388 e. The number of hydrogen-bond acceptors (Lipinski definition) is 4. The van der Waals surface area contributed by atoms with Crippen LogP contribution < -0.4 is 10.9 Å². The Hall–Kier alpha value is -1.36. The highest BCUT2D eigenvalue weighted by molar-refractivity contribution is 5.33. The van der Waals surface area contributed by atoms with Crippen molar-refractivity contribution in [2.75, 3.05) is 11.9 Å². The van der Waals surface area contributed by atoms with Crippen LogP contribution in [-0.4, -0.2) is 27.2 Å². The number of aromatic nitrogens is 2. The van der Waals surface area contributed by atoms with Crippen molar-refractivity contribution >= 4 is 5.82 Å². The second-order valence-corrected chi connectivity index (χ2v) is 4.22. The fraction of sp³-hybridized carbons (Fsp3) is 0.667. The van der Waals surface area contributed by atoms with Gasteiger partial charge in [-0.1, -0.05) is 20.8 Å². The first kappa shape index (κ1) is 13.7. The molecule has 96 valence electrons. The zero-order chi connectivity index (χ0) is 12.9. The molecule has 0 aliphatic carbocycles. The molecule has 0 saturated heterocycles. The molecule has 0 amide bonds. The van der Waals surface area contributed by atoms with Crippen LogP contribution in [0.3, 0.4) is 0 Å². The first-order chi connectivity index (χ1) is 8.03. The summed E-state index contributed by atoms with van der Waals surface area (Å²) in [6.45, 7) is 6.21. The van der Waals surface area contributed by atoms with Gasteiger partial charge in [0, 0.05) is 19.0 Å². The Labute approximate surface area is 101 Å². The third kappa shape index (κ3) is 3.85. The Morgan fingerprint density at radius 1 is 1.41 bits per heavy atom. The summed E-state index contributed by atoms with van der Waals surface area (Å²) < 4.78 is 0. The molecule has 0 unspecified atom stereocenters. The van der Waals surface area contributed by atoms with Gasteiger partial charge in [-0.3, -0.25) is 4.79 Å². The van der Waals surface area contributed by atoms with Gasteiger partial charge in [0.25, 0.3) is 5.56 Å². The summed E-state index contributed by atoms with van der Waals surface area (Å²) >= 11 is 0. The monoisotopic (exact) mass is 239 g/mol. The number of aryl methyl sites for hydroxylation is 1. The van der Waals surface area contributed by atoms with Crippen LogP contribution >= 0.6 is 0 Å². The molecule has 1 aromatic heterocycles. The third-order valence-electron chi connectivity index (χ3n) is 3.04. The summed E-state index contributed by atoms with van der Waals surface area (Å²) in [5.74, 6) is 1.17. The molecular formula is C12H21N3O2. The van der Waals surface area contributed by atoms with E-state index < -0.39 is 5.60 Å². The van der Waals surface area contributed by atoms with Crippen LogP contribution in [0.5, 0.6) is 0 Å². The van der Waals surface area contributed by atoms with Crippen LogP contribution in [-0.2, 0) is 6.42 Å². The highest BCUT2D eigenvalue weighted by atomic mass is 16.3. The summed E-state index contributed by atoms with van der Waals surface area (Å²) in [7, 11) is 0. The Balaban J connectivity index is 2.75. The molecule has 1 rings (SSSR count).